The van der Waals surface area contributed by atoms with Crippen molar-refractivity contribution in [1.82, 2.24) is 0 Å². The van der Waals surface area contributed by atoms with Crippen LogP contribution >= 0.6 is 11.6 Å². The number of halogens is 1. The molecule has 1 heterocycles. The molecule has 0 unspecified atom stereocenters. The summed E-state index contributed by atoms with van der Waals surface area (Å²) in [5, 5.41) is 3.42. The van der Waals surface area contributed by atoms with Crippen LogP contribution < -0.4 is 10.2 Å². The van der Waals surface area contributed by atoms with Crippen molar-refractivity contribution in [2.75, 3.05) is 10.2 Å². The highest BCUT2D eigenvalue weighted by atomic mass is 35.5. The van der Waals surface area contributed by atoms with Gasteiger partial charge in [0.25, 0.3) is 5.91 Å². The predicted molar refractivity (Wildman–Crippen MR) is 113 cm³/mol. The lowest BCUT2D eigenvalue weighted by molar-refractivity contribution is -0.122. The summed E-state index contributed by atoms with van der Waals surface area (Å²) in [6, 6.07) is 12.0. The summed E-state index contributed by atoms with van der Waals surface area (Å²) in [5.41, 5.74) is 2.24. The molecular formula is C23H23ClN2O3. The molecule has 2 aromatic rings. The summed E-state index contributed by atoms with van der Waals surface area (Å²) >= 11 is 6.12. The largest absolute Gasteiger partial charge is 0.322 e. The Bertz CT molecular complexity index is 1000. The Morgan fingerprint density at radius 3 is 2.59 bits per heavy atom. The van der Waals surface area contributed by atoms with E-state index >= 15 is 0 Å². The number of benzene rings is 2. The lowest BCUT2D eigenvalue weighted by atomic mass is 9.76. The van der Waals surface area contributed by atoms with Crippen LogP contribution in [0.5, 0.6) is 0 Å². The number of fused-ring (bicyclic) bond motifs is 1. The molecule has 5 nitrogen and oxygen atoms in total. The Kier molecular flexibility index (Phi) is 5.17. The number of carbonyl (C=O) groups excluding carboxylic acids is 3. The zero-order chi connectivity index (χ0) is 20.7. The van der Waals surface area contributed by atoms with Crippen LogP contribution in [0.15, 0.2) is 42.5 Å². The van der Waals surface area contributed by atoms with E-state index < -0.39 is 0 Å². The van der Waals surface area contributed by atoms with Gasteiger partial charge in [-0.15, -0.1) is 0 Å². The molecule has 1 N–H and O–H groups in total. The third-order valence-corrected chi connectivity index (χ3v) is 6.48. The number of amides is 3. The smallest absolute Gasteiger partial charge is 0.255 e. The zero-order valence-electron chi connectivity index (χ0n) is 16.4. The molecule has 6 heteroatoms. The molecule has 3 amide bonds. The third-order valence-electron chi connectivity index (χ3n) is 6.07. The number of imide groups is 1. The second-order valence-electron chi connectivity index (χ2n) is 8.06. The first-order valence-corrected chi connectivity index (χ1v) is 10.3. The van der Waals surface area contributed by atoms with Gasteiger partial charge in [-0.1, -0.05) is 30.7 Å². The van der Waals surface area contributed by atoms with Crippen molar-refractivity contribution >= 4 is 40.7 Å². The van der Waals surface area contributed by atoms with Gasteiger partial charge >= 0.3 is 0 Å². The average Bonchev–Trinajstić information content (AvgIpc) is 2.95. The van der Waals surface area contributed by atoms with E-state index in [1.165, 1.54) is 4.90 Å². The molecule has 2 fully saturated rings. The lowest BCUT2D eigenvalue weighted by Gasteiger charge is -2.25. The fourth-order valence-corrected chi connectivity index (χ4v) is 4.54. The molecule has 1 aliphatic heterocycles. The molecular weight excluding hydrogens is 388 g/mol. The average molecular weight is 411 g/mol. The Morgan fingerprint density at radius 2 is 1.79 bits per heavy atom. The molecule has 0 radical (unpaired) electrons. The van der Waals surface area contributed by atoms with E-state index in [9.17, 15) is 14.4 Å². The topological polar surface area (TPSA) is 66.5 Å². The minimum atomic E-state index is -0.317. The Balaban J connectivity index is 1.59. The van der Waals surface area contributed by atoms with Crippen molar-refractivity contribution in [2.45, 2.75) is 33.1 Å². The van der Waals surface area contributed by atoms with Crippen LogP contribution in [0.4, 0.5) is 11.4 Å². The van der Waals surface area contributed by atoms with Crippen LogP contribution in [-0.4, -0.2) is 17.7 Å². The molecule has 0 bridgehead atoms. The summed E-state index contributed by atoms with van der Waals surface area (Å²) in [5.74, 6) is -0.624. The molecule has 3 atom stereocenters. The maximum absolute atomic E-state index is 12.9. The van der Waals surface area contributed by atoms with Gasteiger partial charge in [-0.3, -0.25) is 19.3 Å². The van der Waals surface area contributed by atoms with Crippen molar-refractivity contribution < 1.29 is 14.4 Å². The highest BCUT2D eigenvalue weighted by molar-refractivity contribution is 6.31. The van der Waals surface area contributed by atoms with Crippen LogP contribution in [0.3, 0.4) is 0 Å². The number of hydrogen-bond acceptors (Lipinski definition) is 3. The number of anilines is 2. The minimum absolute atomic E-state index is 0.143. The van der Waals surface area contributed by atoms with Crippen LogP contribution in [-0.2, 0) is 9.59 Å². The van der Waals surface area contributed by atoms with E-state index in [2.05, 4.69) is 12.2 Å². The zero-order valence-corrected chi connectivity index (χ0v) is 17.2. The van der Waals surface area contributed by atoms with Gasteiger partial charge in [-0.05, 0) is 68.0 Å². The van der Waals surface area contributed by atoms with E-state index in [0.717, 1.165) is 24.8 Å². The first-order valence-electron chi connectivity index (χ1n) is 9.91. The van der Waals surface area contributed by atoms with E-state index in [-0.39, 0.29) is 29.6 Å². The molecule has 0 spiro atoms. The predicted octanol–water partition coefficient (Wildman–Crippen LogP) is 4.83. The SMILES string of the molecule is Cc1c(Cl)cccc1NC(=O)c1cccc(N2C(=O)[C@H]3C[C@@H](C)CC[C@H]3C2=O)c1. The van der Waals surface area contributed by atoms with Gasteiger partial charge in [-0.2, -0.15) is 0 Å². The maximum atomic E-state index is 12.9. The molecule has 1 aliphatic carbocycles. The summed E-state index contributed by atoms with van der Waals surface area (Å²) in [6.45, 7) is 3.96. The first-order chi connectivity index (χ1) is 13.9. The fourth-order valence-electron chi connectivity index (χ4n) is 4.37. The maximum Gasteiger partial charge on any atom is 0.255 e. The van der Waals surface area contributed by atoms with Gasteiger partial charge < -0.3 is 5.32 Å². The van der Waals surface area contributed by atoms with E-state index in [0.29, 0.717) is 27.9 Å². The normalized spacial score (nSPS) is 23.8. The summed E-state index contributed by atoms with van der Waals surface area (Å²) in [7, 11) is 0. The van der Waals surface area contributed by atoms with Crippen molar-refractivity contribution in [1.29, 1.82) is 0 Å². The standard InChI is InChI=1S/C23H23ClN2O3/c1-13-9-10-17-18(11-13)23(29)26(22(17)28)16-6-3-5-15(12-16)21(27)25-20-8-4-7-19(24)14(20)2/h3-8,12-13,17-18H,9-11H2,1-2H3,(H,25,27)/t13-,17+,18-/m0/s1. The Morgan fingerprint density at radius 1 is 1.07 bits per heavy atom. The van der Waals surface area contributed by atoms with Gasteiger partial charge in [-0.25, -0.2) is 0 Å². The molecule has 29 heavy (non-hydrogen) atoms. The van der Waals surface area contributed by atoms with Crippen molar-refractivity contribution in [2.24, 2.45) is 17.8 Å². The van der Waals surface area contributed by atoms with Gasteiger partial charge in [0.2, 0.25) is 11.8 Å². The van der Waals surface area contributed by atoms with Crippen LogP contribution in [0, 0.1) is 24.7 Å². The molecule has 0 aromatic heterocycles. The highest BCUT2D eigenvalue weighted by Crippen LogP contribution is 2.42. The summed E-state index contributed by atoms with van der Waals surface area (Å²) in [4.78, 5) is 39.9. The first kappa shape index (κ1) is 19.6. The Hall–Kier alpha value is -2.66. The summed E-state index contributed by atoms with van der Waals surface area (Å²) in [6.07, 6.45) is 2.47. The molecule has 2 aliphatic rings. The van der Waals surface area contributed by atoms with E-state index in [1.807, 2.05) is 6.92 Å². The molecule has 1 saturated heterocycles. The lowest BCUT2D eigenvalue weighted by Crippen LogP contribution is -2.31. The second kappa shape index (κ2) is 7.64. The molecule has 150 valence electrons. The van der Waals surface area contributed by atoms with Crippen LogP contribution in [0.1, 0.15) is 42.1 Å². The minimum Gasteiger partial charge on any atom is -0.322 e. The number of nitrogens with one attached hydrogen (secondary N) is 1. The highest BCUT2D eigenvalue weighted by Gasteiger charge is 2.50. The second-order valence-corrected chi connectivity index (χ2v) is 8.47. The van der Waals surface area contributed by atoms with Gasteiger partial charge in [0, 0.05) is 16.3 Å². The van der Waals surface area contributed by atoms with Crippen molar-refractivity contribution in [3.63, 3.8) is 0 Å². The number of carbonyl (C=O) groups is 3. The van der Waals surface area contributed by atoms with Gasteiger partial charge in [0.15, 0.2) is 0 Å². The quantitative estimate of drug-likeness (QED) is 0.737. The Labute approximate surface area is 175 Å². The van der Waals surface area contributed by atoms with Crippen LogP contribution in [0.2, 0.25) is 5.02 Å². The number of nitrogens with zero attached hydrogens (tertiary/aromatic N) is 1. The van der Waals surface area contributed by atoms with Crippen LogP contribution in [0.25, 0.3) is 0 Å². The summed E-state index contributed by atoms with van der Waals surface area (Å²) < 4.78 is 0. The van der Waals surface area contributed by atoms with Crippen molar-refractivity contribution in [3.05, 3.63) is 58.6 Å². The molecule has 1 saturated carbocycles. The number of rotatable bonds is 3. The fraction of sp³-hybridized carbons (Fsp3) is 0.348. The van der Waals surface area contributed by atoms with Gasteiger partial charge in [0.05, 0.1) is 17.5 Å². The third kappa shape index (κ3) is 3.55. The van der Waals surface area contributed by atoms with Gasteiger partial charge in [0.1, 0.15) is 0 Å². The molecule has 2 aromatic carbocycles. The van der Waals surface area contributed by atoms with Crippen molar-refractivity contribution in [3.8, 4) is 0 Å². The molecule has 4 rings (SSSR count). The number of hydrogen-bond donors (Lipinski definition) is 1. The van der Waals surface area contributed by atoms with E-state index in [1.54, 1.807) is 42.5 Å². The monoisotopic (exact) mass is 410 g/mol. The van der Waals surface area contributed by atoms with E-state index in [4.69, 9.17) is 11.6 Å².